The summed E-state index contributed by atoms with van der Waals surface area (Å²) in [5.74, 6) is -0.551. The highest BCUT2D eigenvalue weighted by molar-refractivity contribution is 7.80. The number of thiocarbonyl (C=S) groups is 1. The average molecular weight is 295 g/mol. The maximum absolute atomic E-state index is 12.8. The van der Waals surface area contributed by atoms with Crippen LogP contribution in [0.1, 0.15) is 34.6 Å². The molecule has 2 atom stereocenters. The highest BCUT2D eigenvalue weighted by atomic mass is 32.1. The lowest BCUT2D eigenvalue weighted by Gasteiger charge is -2.32. The monoisotopic (exact) mass is 295 g/mol. The summed E-state index contributed by atoms with van der Waals surface area (Å²) in [4.78, 5) is 0. The smallest absolute Gasteiger partial charge is 0.356 e. The van der Waals surface area contributed by atoms with Crippen LogP contribution in [-0.4, -0.2) is 30.3 Å². The van der Waals surface area contributed by atoms with Crippen LogP contribution in [0.3, 0.4) is 0 Å². The van der Waals surface area contributed by atoms with E-state index in [1.54, 1.807) is 13.8 Å². The molecular formula is C11H22NO4PS. The highest BCUT2D eigenvalue weighted by Gasteiger charge is 2.51. The zero-order chi connectivity index (χ0) is 14.0. The zero-order valence-electron chi connectivity index (χ0n) is 11.6. The lowest BCUT2D eigenvalue weighted by molar-refractivity contribution is 0.0882. The summed E-state index contributed by atoms with van der Waals surface area (Å²) in [6.45, 7) is 10.2. The fourth-order valence-electron chi connectivity index (χ4n) is 1.86. The molecule has 2 unspecified atom stereocenters. The van der Waals surface area contributed by atoms with Crippen molar-refractivity contribution < 1.29 is 18.3 Å². The van der Waals surface area contributed by atoms with Crippen molar-refractivity contribution in [1.29, 1.82) is 0 Å². The summed E-state index contributed by atoms with van der Waals surface area (Å²) >= 11 is 5.01. The number of hydrogen-bond donors (Lipinski definition) is 1. The van der Waals surface area contributed by atoms with E-state index in [2.05, 4.69) is 5.32 Å². The van der Waals surface area contributed by atoms with Gasteiger partial charge in [0.1, 0.15) is 6.10 Å². The molecule has 1 N–H and O–H groups in total. The molecule has 0 aliphatic carbocycles. The molecule has 1 fully saturated rings. The van der Waals surface area contributed by atoms with E-state index in [-0.39, 0.29) is 16.7 Å². The topological polar surface area (TPSA) is 56.8 Å². The Morgan fingerprint density at radius 2 is 1.83 bits per heavy atom. The molecule has 0 aromatic carbocycles. The molecule has 1 heterocycles. The Balaban J connectivity index is 3.02. The van der Waals surface area contributed by atoms with Gasteiger partial charge in [-0.25, -0.2) is 0 Å². The van der Waals surface area contributed by atoms with Gasteiger partial charge in [-0.2, -0.15) is 0 Å². The predicted molar refractivity (Wildman–Crippen MR) is 74.7 cm³/mol. The quantitative estimate of drug-likeness (QED) is 0.621. The third kappa shape index (κ3) is 3.44. The third-order valence-electron chi connectivity index (χ3n) is 2.60. The van der Waals surface area contributed by atoms with Crippen molar-refractivity contribution >= 4 is 25.0 Å². The van der Waals surface area contributed by atoms with E-state index < -0.39 is 13.4 Å². The molecule has 0 bridgehead atoms. The van der Waals surface area contributed by atoms with Crippen LogP contribution >= 0.6 is 19.8 Å². The first-order valence-electron chi connectivity index (χ1n) is 6.10. The second kappa shape index (κ2) is 5.87. The van der Waals surface area contributed by atoms with Crippen molar-refractivity contribution in [2.24, 2.45) is 5.41 Å². The van der Waals surface area contributed by atoms with E-state index >= 15 is 0 Å². The zero-order valence-corrected chi connectivity index (χ0v) is 13.3. The first-order valence-corrected chi connectivity index (χ1v) is 8.12. The van der Waals surface area contributed by atoms with Gasteiger partial charge in [-0.1, -0.05) is 20.8 Å². The minimum absolute atomic E-state index is 0.220. The first kappa shape index (κ1) is 15.9. The maximum Gasteiger partial charge on any atom is 0.356 e. The molecule has 18 heavy (non-hydrogen) atoms. The summed E-state index contributed by atoms with van der Waals surface area (Å²) in [7, 11) is -3.28. The van der Waals surface area contributed by atoms with Crippen molar-refractivity contribution in [1.82, 2.24) is 5.32 Å². The van der Waals surface area contributed by atoms with Gasteiger partial charge in [-0.05, 0) is 26.1 Å². The number of hydrogen-bond acceptors (Lipinski definition) is 5. The first-order chi connectivity index (χ1) is 8.24. The Kier molecular flexibility index (Phi) is 5.18. The SMILES string of the molecule is CCOP(=O)(OCC)C1NC(=S)OC1C(C)(C)C. The largest absolute Gasteiger partial charge is 0.464 e. The number of ether oxygens (including phenoxy) is 1. The fourth-order valence-corrected chi connectivity index (χ4v) is 4.41. The van der Waals surface area contributed by atoms with Crippen LogP contribution in [0.25, 0.3) is 0 Å². The van der Waals surface area contributed by atoms with E-state index in [9.17, 15) is 4.57 Å². The fraction of sp³-hybridized carbons (Fsp3) is 0.909. The van der Waals surface area contributed by atoms with Gasteiger partial charge in [0, 0.05) is 5.41 Å². The van der Waals surface area contributed by atoms with Crippen molar-refractivity contribution in [3.05, 3.63) is 0 Å². The molecule has 1 aliphatic rings. The molecule has 106 valence electrons. The van der Waals surface area contributed by atoms with E-state index in [4.69, 9.17) is 26.0 Å². The molecule has 0 saturated carbocycles. The molecular weight excluding hydrogens is 273 g/mol. The minimum atomic E-state index is -3.28. The summed E-state index contributed by atoms with van der Waals surface area (Å²) < 4.78 is 29.1. The highest BCUT2D eigenvalue weighted by Crippen LogP contribution is 2.56. The average Bonchev–Trinajstić information content (AvgIpc) is 2.61. The second-order valence-corrected chi connectivity index (χ2v) is 7.68. The third-order valence-corrected chi connectivity index (χ3v) is 5.13. The summed E-state index contributed by atoms with van der Waals surface area (Å²) in [5.41, 5.74) is -0.220. The van der Waals surface area contributed by atoms with Crippen LogP contribution in [0.15, 0.2) is 0 Å². The van der Waals surface area contributed by atoms with Crippen LogP contribution in [-0.2, 0) is 18.3 Å². The Labute approximate surface area is 114 Å². The predicted octanol–water partition coefficient (Wildman–Crippen LogP) is 2.90. The molecule has 1 saturated heterocycles. The standard InChI is InChI=1S/C11H22NO4PS/c1-6-14-17(13,15-7-2)9-8(11(3,4)5)16-10(18)12-9/h8-9H,6-7H2,1-5H3,(H,12,18). The van der Waals surface area contributed by atoms with E-state index in [0.29, 0.717) is 13.2 Å². The lowest BCUT2D eigenvalue weighted by Crippen LogP contribution is -2.40. The van der Waals surface area contributed by atoms with Crippen LogP contribution in [0.4, 0.5) is 0 Å². The van der Waals surface area contributed by atoms with Gasteiger partial charge in [-0.3, -0.25) is 4.57 Å². The van der Waals surface area contributed by atoms with Gasteiger partial charge in [0.2, 0.25) is 0 Å². The van der Waals surface area contributed by atoms with Gasteiger partial charge in [0.25, 0.3) is 5.17 Å². The Bertz CT molecular complexity index is 345. The van der Waals surface area contributed by atoms with Crippen LogP contribution in [0, 0.1) is 5.41 Å². The maximum atomic E-state index is 12.8. The molecule has 5 nitrogen and oxygen atoms in total. The van der Waals surface area contributed by atoms with Gasteiger partial charge >= 0.3 is 7.60 Å². The van der Waals surface area contributed by atoms with Gasteiger partial charge in [0.05, 0.1) is 13.2 Å². The Hall–Kier alpha value is -0.160. The van der Waals surface area contributed by atoms with Crippen LogP contribution in [0.2, 0.25) is 0 Å². The Morgan fingerprint density at radius 3 is 2.22 bits per heavy atom. The van der Waals surface area contributed by atoms with Gasteiger partial charge in [0.15, 0.2) is 5.78 Å². The van der Waals surface area contributed by atoms with Crippen molar-refractivity contribution in [2.75, 3.05) is 13.2 Å². The van der Waals surface area contributed by atoms with E-state index in [0.717, 1.165) is 0 Å². The lowest BCUT2D eigenvalue weighted by atomic mass is 9.89. The molecule has 0 amide bonds. The van der Waals surface area contributed by atoms with E-state index in [1.165, 1.54) is 0 Å². The molecule has 7 heteroatoms. The normalized spacial score (nSPS) is 24.8. The molecule has 0 aromatic rings. The summed E-state index contributed by atoms with van der Waals surface area (Å²) in [6, 6.07) is 0. The number of rotatable bonds is 5. The van der Waals surface area contributed by atoms with Gasteiger partial charge in [-0.15, -0.1) is 0 Å². The molecule has 1 rings (SSSR count). The minimum Gasteiger partial charge on any atom is -0.464 e. The van der Waals surface area contributed by atoms with Crippen molar-refractivity contribution in [3.63, 3.8) is 0 Å². The summed E-state index contributed by atoms with van der Waals surface area (Å²) in [5, 5.41) is 3.17. The van der Waals surface area contributed by atoms with Crippen molar-refractivity contribution in [3.8, 4) is 0 Å². The van der Waals surface area contributed by atoms with E-state index in [1.807, 2.05) is 20.8 Å². The molecule has 0 spiro atoms. The second-order valence-electron chi connectivity index (χ2n) is 5.16. The number of nitrogens with one attached hydrogen (secondary N) is 1. The summed E-state index contributed by atoms with van der Waals surface area (Å²) in [6.07, 6.45) is -0.339. The van der Waals surface area contributed by atoms with Crippen LogP contribution in [0.5, 0.6) is 0 Å². The molecule has 0 radical (unpaired) electrons. The molecule has 1 aliphatic heterocycles. The van der Waals surface area contributed by atoms with Crippen molar-refractivity contribution in [2.45, 2.75) is 46.5 Å². The molecule has 0 aromatic heterocycles. The van der Waals surface area contributed by atoms with Gasteiger partial charge < -0.3 is 19.1 Å². The Morgan fingerprint density at radius 1 is 1.33 bits per heavy atom. The van der Waals surface area contributed by atoms with Crippen LogP contribution < -0.4 is 5.32 Å².